The summed E-state index contributed by atoms with van der Waals surface area (Å²) in [5.74, 6) is -0.693. The third kappa shape index (κ3) is 4.48. The maximum absolute atomic E-state index is 13.1. The molecule has 0 saturated carbocycles. The van der Waals surface area contributed by atoms with Crippen molar-refractivity contribution >= 4 is 11.9 Å². The maximum atomic E-state index is 13.1. The van der Waals surface area contributed by atoms with Gasteiger partial charge in [-0.15, -0.1) is 0 Å². The quantitative estimate of drug-likeness (QED) is 0.525. The molecular formula is C25H27NO3. The number of aryl methyl sites for hydroxylation is 2. The lowest BCUT2D eigenvalue weighted by atomic mass is 9.83. The Morgan fingerprint density at radius 2 is 1.93 bits per heavy atom. The monoisotopic (exact) mass is 389 g/mol. The lowest BCUT2D eigenvalue weighted by molar-refractivity contribution is -0.139. The molecule has 1 heterocycles. The molecule has 0 aliphatic carbocycles. The zero-order valence-electron chi connectivity index (χ0n) is 17.3. The Balaban J connectivity index is 2.04. The van der Waals surface area contributed by atoms with Gasteiger partial charge in [0.15, 0.2) is 0 Å². The highest BCUT2D eigenvalue weighted by Gasteiger charge is 2.37. The van der Waals surface area contributed by atoms with Crippen LogP contribution in [0.2, 0.25) is 0 Å². The zero-order chi connectivity index (χ0) is 21.0. The number of hydrogen-bond donors (Lipinski definition) is 0. The number of rotatable bonds is 6. The van der Waals surface area contributed by atoms with E-state index in [1.165, 1.54) is 0 Å². The van der Waals surface area contributed by atoms with Gasteiger partial charge in [0, 0.05) is 18.0 Å². The number of hydrogen-bond acceptors (Lipinski definition) is 3. The van der Waals surface area contributed by atoms with Crippen molar-refractivity contribution < 1.29 is 14.3 Å². The van der Waals surface area contributed by atoms with Crippen molar-refractivity contribution in [1.29, 1.82) is 0 Å². The van der Waals surface area contributed by atoms with E-state index in [1.54, 1.807) is 11.0 Å². The molecule has 1 amide bonds. The molecule has 0 fully saturated rings. The molecule has 0 spiro atoms. The van der Waals surface area contributed by atoms with E-state index < -0.39 is 5.97 Å². The van der Waals surface area contributed by atoms with Gasteiger partial charge in [-0.3, -0.25) is 4.79 Å². The highest BCUT2D eigenvalue weighted by atomic mass is 16.5. The first-order valence-corrected chi connectivity index (χ1v) is 9.82. The Bertz CT molecular complexity index is 974. The van der Waals surface area contributed by atoms with Crippen LogP contribution in [0.15, 0.2) is 72.5 Å². The molecule has 1 unspecified atom stereocenters. The minimum absolute atomic E-state index is 0.0116. The van der Waals surface area contributed by atoms with E-state index in [0.717, 1.165) is 22.3 Å². The minimum Gasteiger partial charge on any atom is -0.458 e. The zero-order valence-corrected chi connectivity index (χ0v) is 17.3. The first kappa shape index (κ1) is 20.6. The number of nitrogens with zero attached hydrogens (tertiary/aromatic N) is 1. The van der Waals surface area contributed by atoms with Gasteiger partial charge in [0.2, 0.25) is 5.91 Å². The lowest BCUT2D eigenvalue weighted by Gasteiger charge is -2.35. The lowest BCUT2D eigenvalue weighted by Crippen LogP contribution is -2.38. The second-order valence-corrected chi connectivity index (χ2v) is 7.46. The van der Waals surface area contributed by atoms with Crippen molar-refractivity contribution in [3.8, 4) is 0 Å². The van der Waals surface area contributed by atoms with Crippen molar-refractivity contribution in [3.05, 3.63) is 94.7 Å². The van der Waals surface area contributed by atoms with Gasteiger partial charge in [-0.05, 0) is 37.5 Å². The van der Waals surface area contributed by atoms with E-state index >= 15 is 0 Å². The van der Waals surface area contributed by atoms with E-state index in [2.05, 4.69) is 6.58 Å². The van der Waals surface area contributed by atoms with Gasteiger partial charge in [-0.1, -0.05) is 66.7 Å². The average molecular weight is 389 g/mol. The maximum Gasteiger partial charge on any atom is 0.336 e. The van der Waals surface area contributed by atoms with Crippen molar-refractivity contribution in [2.24, 2.45) is 0 Å². The van der Waals surface area contributed by atoms with E-state index in [1.807, 2.05) is 69.3 Å². The van der Waals surface area contributed by atoms with E-state index in [4.69, 9.17) is 4.74 Å². The molecule has 1 aliphatic rings. The highest BCUT2D eigenvalue weighted by Crippen LogP contribution is 2.38. The Morgan fingerprint density at radius 3 is 2.62 bits per heavy atom. The molecular weight excluding hydrogens is 362 g/mol. The smallest absolute Gasteiger partial charge is 0.336 e. The average Bonchev–Trinajstić information content (AvgIpc) is 2.70. The molecule has 4 heteroatoms. The SMILES string of the molecule is C=CCOC(=O)C1=C(C)N(Cc2ccccc2C)C(=O)CC1c1cccc(C)c1. The van der Waals surface area contributed by atoms with E-state index in [9.17, 15) is 9.59 Å². The minimum atomic E-state index is -0.392. The number of esters is 1. The van der Waals surface area contributed by atoms with Crippen LogP contribution in [0, 0.1) is 13.8 Å². The van der Waals surface area contributed by atoms with Crippen LogP contribution >= 0.6 is 0 Å². The number of carbonyl (C=O) groups excluding carboxylic acids is 2. The molecule has 2 aromatic rings. The molecule has 1 atom stereocenters. The second kappa shape index (κ2) is 8.91. The van der Waals surface area contributed by atoms with Gasteiger partial charge in [-0.25, -0.2) is 4.79 Å². The summed E-state index contributed by atoms with van der Waals surface area (Å²) in [6.45, 7) is 10.1. The first-order chi connectivity index (χ1) is 13.9. The third-order valence-electron chi connectivity index (χ3n) is 5.41. The van der Waals surface area contributed by atoms with Crippen LogP contribution in [0.3, 0.4) is 0 Å². The summed E-state index contributed by atoms with van der Waals surface area (Å²) in [6, 6.07) is 15.9. The summed E-state index contributed by atoms with van der Waals surface area (Å²) < 4.78 is 5.39. The summed E-state index contributed by atoms with van der Waals surface area (Å²) in [4.78, 5) is 27.7. The van der Waals surface area contributed by atoms with Crippen molar-refractivity contribution in [3.63, 3.8) is 0 Å². The number of carbonyl (C=O) groups is 2. The predicted octanol–water partition coefficient (Wildman–Crippen LogP) is 4.82. The Labute approximate surface area is 172 Å². The number of amides is 1. The largest absolute Gasteiger partial charge is 0.458 e. The van der Waals surface area contributed by atoms with Crippen molar-refractivity contribution in [2.75, 3.05) is 6.61 Å². The summed E-state index contributed by atoms with van der Waals surface area (Å²) in [5.41, 5.74) is 5.43. The van der Waals surface area contributed by atoms with Gasteiger partial charge in [0.1, 0.15) is 6.61 Å². The van der Waals surface area contributed by atoms with Gasteiger partial charge in [0.25, 0.3) is 0 Å². The standard InChI is InChI=1S/C25H27NO3/c1-5-13-29-25(28)24-19(4)26(16-21-11-7-6-10-18(21)3)23(27)15-22(24)20-12-8-9-17(2)14-20/h5-12,14,22H,1,13,15-16H2,2-4H3. The Kier molecular flexibility index (Phi) is 6.32. The van der Waals surface area contributed by atoms with Gasteiger partial charge >= 0.3 is 5.97 Å². The summed E-state index contributed by atoms with van der Waals surface area (Å²) in [6.07, 6.45) is 1.79. The van der Waals surface area contributed by atoms with Crippen molar-refractivity contribution in [2.45, 2.75) is 39.7 Å². The van der Waals surface area contributed by atoms with Crippen LogP contribution in [-0.2, 0) is 20.9 Å². The molecule has 0 aromatic heterocycles. The van der Waals surface area contributed by atoms with Crippen LogP contribution in [0.1, 0.15) is 41.5 Å². The molecule has 150 valence electrons. The molecule has 29 heavy (non-hydrogen) atoms. The van der Waals surface area contributed by atoms with Crippen LogP contribution in [0.25, 0.3) is 0 Å². The fourth-order valence-corrected chi connectivity index (χ4v) is 3.81. The first-order valence-electron chi connectivity index (χ1n) is 9.82. The molecule has 0 bridgehead atoms. The van der Waals surface area contributed by atoms with Crippen LogP contribution < -0.4 is 0 Å². The van der Waals surface area contributed by atoms with E-state index in [-0.39, 0.29) is 24.9 Å². The fourth-order valence-electron chi connectivity index (χ4n) is 3.81. The molecule has 0 saturated heterocycles. The predicted molar refractivity (Wildman–Crippen MR) is 114 cm³/mol. The van der Waals surface area contributed by atoms with Crippen LogP contribution in [0.5, 0.6) is 0 Å². The second-order valence-electron chi connectivity index (χ2n) is 7.46. The normalized spacial score (nSPS) is 16.7. The molecule has 3 rings (SSSR count). The fraction of sp³-hybridized carbons (Fsp3) is 0.280. The summed E-state index contributed by atoms with van der Waals surface area (Å²) in [7, 11) is 0. The number of benzene rings is 2. The molecule has 2 aromatic carbocycles. The van der Waals surface area contributed by atoms with Gasteiger partial charge < -0.3 is 9.64 Å². The van der Waals surface area contributed by atoms with Crippen LogP contribution in [0.4, 0.5) is 0 Å². The van der Waals surface area contributed by atoms with Gasteiger partial charge in [-0.2, -0.15) is 0 Å². The topological polar surface area (TPSA) is 46.6 Å². The molecule has 0 N–H and O–H groups in total. The van der Waals surface area contributed by atoms with Crippen LogP contribution in [-0.4, -0.2) is 23.4 Å². The third-order valence-corrected chi connectivity index (χ3v) is 5.41. The molecule has 0 radical (unpaired) electrons. The molecule has 4 nitrogen and oxygen atoms in total. The summed E-state index contributed by atoms with van der Waals surface area (Å²) >= 11 is 0. The number of ether oxygens (including phenoxy) is 1. The highest BCUT2D eigenvalue weighted by molar-refractivity contribution is 5.96. The molecule has 1 aliphatic heterocycles. The van der Waals surface area contributed by atoms with E-state index in [0.29, 0.717) is 17.8 Å². The van der Waals surface area contributed by atoms with Crippen molar-refractivity contribution in [1.82, 2.24) is 4.90 Å². The number of allylic oxidation sites excluding steroid dienone is 1. The van der Waals surface area contributed by atoms with Gasteiger partial charge in [0.05, 0.1) is 12.1 Å². The summed E-state index contributed by atoms with van der Waals surface area (Å²) in [5, 5.41) is 0. The Morgan fingerprint density at radius 1 is 1.17 bits per heavy atom. The Hall–Kier alpha value is -3.14.